The van der Waals surface area contributed by atoms with Crippen molar-refractivity contribution in [3.8, 4) is 0 Å². The van der Waals surface area contributed by atoms with E-state index in [1.54, 1.807) is 31.2 Å². The van der Waals surface area contributed by atoms with E-state index in [0.717, 1.165) is 23.8 Å². The van der Waals surface area contributed by atoms with Gasteiger partial charge < -0.3 is 5.32 Å². The maximum atomic E-state index is 13.4. The van der Waals surface area contributed by atoms with Crippen molar-refractivity contribution in [2.45, 2.75) is 6.92 Å². The number of aryl methyl sites for hydroxylation is 1. The van der Waals surface area contributed by atoms with Crippen LogP contribution in [0.2, 0.25) is 0 Å². The molecule has 0 unspecified atom stereocenters. The number of carbonyl (C=O) groups excluding carboxylic acids is 1. The molecule has 0 spiro atoms. The molecule has 0 heterocycles. The fourth-order valence-electron chi connectivity index (χ4n) is 1.61. The third kappa shape index (κ3) is 2.53. The third-order valence-electron chi connectivity index (χ3n) is 2.57. The van der Waals surface area contributed by atoms with Crippen LogP contribution in [0.3, 0.4) is 0 Å². The van der Waals surface area contributed by atoms with Crippen LogP contribution < -0.4 is 5.32 Å². The minimum absolute atomic E-state index is 0.164. The molecule has 0 saturated carbocycles. The van der Waals surface area contributed by atoms with Gasteiger partial charge in [-0.2, -0.15) is 0 Å². The first-order valence-corrected chi connectivity index (χ1v) is 5.40. The molecule has 0 aromatic heterocycles. The summed E-state index contributed by atoms with van der Waals surface area (Å²) >= 11 is 0. The van der Waals surface area contributed by atoms with Crippen molar-refractivity contribution in [1.29, 1.82) is 0 Å². The molecule has 2 aromatic carbocycles. The van der Waals surface area contributed by atoms with E-state index in [0.29, 0.717) is 5.56 Å². The van der Waals surface area contributed by atoms with Gasteiger partial charge in [-0.1, -0.05) is 18.2 Å². The van der Waals surface area contributed by atoms with E-state index >= 15 is 0 Å². The predicted molar refractivity (Wildman–Crippen MR) is 65.5 cm³/mol. The average molecular weight is 247 g/mol. The Morgan fingerprint density at radius 1 is 1.11 bits per heavy atom. The Hall–Kier alpha value is -2.23. The highest BCUT2D eigenvalue weighted by atomic mass is 19.1. The van der Waals surface area contributed by atoms with Gasteiger partial charge in [0.2, 0.25) is 0 Å². The van der Waals surface area contributed by atoms with Gasteiger partial charge in [-0.25, -0.2) is 8.78 Å². The summed E-state index contributed by atoms with van der Waals surface area (Å²) in [4.78, 5) is 11.9. The van der Waals surface area contributed by atoms with Crippen LogP contribution in [-0.2, 0) is 0 Å². The molecule has 2 nitrogen and oxygen atoms in total. The Morgan fingerprint density at radius 3 is 2.56 bits per heavy atom. The molecule has 0 aliphatic heterocycles. The maximum Gasteiger partial charge on any atom is 0.256 e. The van der Waals surface area contributed by atoms with Crippen molar-refractivity contribution >= 4 is 11.6 Å². The molecule has 18 heavy (non-hydrogen) atoms. The normalized spacial score (nSPS) is 10.2. The fourth-order valence-corrected chi connectivity index (χ4v) is 1.61. The summed E-state index contributed by atoms with van der Waals surface area (Å²) in [6.45, 7) is 1.77. The Balaban J connectivity index is 2.27. The molecule has 1 N–H and O–H groups in total. The molecule has 92 valence electrons. The molecule has 0 bridgehead atoms. The number of hydrogen-bond acceptors (Lipinski definition) is 1. The van der Waals surface area contributed by atoms with E-state index < -0.39 is 17.5 Å². The third-order valence-corrected chi connectivity index (χ3v) is 2.57. The molecule has 0 atom stereocenters. The van der Waals surface area contributed by atoms with Crippen LogP contribution in [0, 0.1) is 18.6 Å². The van der Waals surface area contributed by atoms with Gasteiger partial charge >= 0.3 is 0 Å². The zero-order chi connectivity index (χ0) is 13.1. The van der Waals surface area contributed by atoms with E-state index in [4.69, 9.17) is 0 Å². The van der Waals surface area contributed by atoms with Gasteiger partial charge in [0.15, 0.2) is 0 Å². The van der Waals surface area contributed by atoms with Crippen LogP contribution in [0.1, 0.15) is 15.9 Å². The van der Waals surface area contributed by atoms with Crippen molar-refractivity contribution in [3.05, 3.63) is 65.2 Å². The van der Waals surface area contributed by atoms with Crippen molar-refractivity contribution in [2.24, 2.45) is 0 Å². The second kappa shape index (κ2) is 4.96. The smallest absolute Gasteiger partial charge is 0.256 e. The van der Waals surface area contributed by atoms with E-state index in [2.05, 4.69) is 5.32 Å². The van der Waals surface area contributed by atoms with Crippen molar-refractivity contribution in [2.75, 3.05) is 5.32 Å². The number of carbonyl (C=O) groups is 1. The minimum Gasteiger partial charge on any atom is -0.319 e. The van der Waals surface area contributed by atoms with Crippen LogP contribution >= 0.6 is 0 Å². The monoisotopic (exact) mass is 247 g/mol. The van der Waals surface area contributed by atoms with Crippen LogP contribution in [-0.4, -0.2) is 5.91 Å². The summed E-state index contributed by atoms with van der Waals surface area (Å²) in [5.41, 5.74) is 1.04. The summed E-state index contributed by atoms with van der Waals surface area (Å²) in [6.07, 6.45) is 0. The largest absolute Gasteiger partial charge is 0.319 e. The molecular weight excluding hydrogens is 236 g/mol. The summed E-state index contributed by atoms with van der Waals surface area (Å²) in [5.74, 6) is -1.73. The van der Waals surface area contributed by atoms with Gasteiger partial charge in [0.1, 0.15) is 11.6 Å². The number of nitrogens with one attached hydrogen (secondary N) is 1. The number of benzene rings is 2. The molecule has 0 aliphatic carbocycles. The van der Waals surface area contributed by atoms with Gasteiger partial charge in [-0.05, 0) is 30.7 Å². The number of hydrogen-bond donors (Lipinski definition) is 1. The zero-order valence-corrected chi connectivity index (χ0v) is 9.71. The highest BCUT2D eigenvalue weighted by Crippen LogP contribution is 2.17. The van der Waals surface area contributed by atoms with Crippen LogP contribution in [0.15, 0.2) is 42.5 Å². The number of halogens is 2. The number of amides is 1. The fraction of sp³-hybridized carbons (Fsp3) is 0.0714. The summed E-state index contributed by atoms with van der Waals surface area (Å²) in [5, 5.41) is 2.35. The quantitative estimate of drug-likeness (QED) is 0.864. The Labute approximate surface area is 103 Å². The van der Waals surface area contributed by atoms with Gasteiger partial charge in [0, 0.05) is 11.6 Å². The lowest BCUT2D eigenvalue weighted by Crippen LogP contribution is -2.14. The van der Waals surface area contributed by atoms with Gasteiger partial charge in [0.25, 0.3) is 5.91 Å². The van der Waals surface area contributed by atoms with E-state index in [9.17, 15) is 13.6 Å². The highest BCUT2D eigenvalue weighted by Gasteiger charge is 2.11. The van der Waals surface area contributed by atoms with Crippen LogP contribution in [0.4, 0.5) is 14.5 Å². The van der Waals surface area contributed by atoms with E-state index in [-0.39, 0.29) is 5.69 Å². The molecule has 2 rings (SSSR count). The summed E-state index contributed by atoms with van der Waals surface area (Å²) < 4.78 is 26.3. The average Bonchev–Trinajstić information content (AvgIpc) is 2.34. The van der Waals surface area contributed by atoms with Crippen molar-refractivity contribution in [1.82, 2.24) is 0 Å². The zero-order valence-electron chi connectivity index (χ0n) is 9.71. The lowest BCUT2D eigenvalue weighted by Gasteiger charge is -2.08. The van der Waals surface area contributed by atoms with E-state index in [1.807, 2.05) is 0 Å². The van der Waals surface area contributed by atoms with Crippen LogP contribution in [0.25, 0.3) is 0 Å². The van der Waals surface area contributed by atoms with Gasteiger partial charge in [0.05, 0.1) is 5.69 Å². The van der Waals surface area contributed by atoms with Crippen molar-refractivity contribution in [3.63, 3.8) is 0 Å². The lowest BCUT2D eigenvalue weighted by molar-refractivity contribution is 0.102. The molecule has 0 radical (unpaired) electrons. The second-order valence-electron chi connectivity index (χ2n) is 3.89. The Kier molecular flexibility index (Phi) is 3.37. The highest BCUT2D eigenvalue weighted by molar-refractivity contribution is 6.05. The standard InChI is InChI=1S/C14H11F2NO/c1-9-4-2-3-5-11(9)14(18)17-13-8-10(15)6-7-12(13)16/h2-8H,1H3,(H,17,18). The molecule has 2 aromatic rings. The summed E-state index contributed by atoms with van der Waals surface area (Å²) in [6, 6.07) is 9.84. The maximum absolute atomic E-state index is 13.4. The SMILES string of the molecule is Cc1ccccc1C(=O)Nc1cc(F)ccc1F. The van der Waals surface area contributed by atoms with E-state index in [1.165, 1.54) is 0 Å². The van der Waals surface area contributed by atoms with Crippen LogP contribution in [0.5, 0.6) is 0 Å². The first kappa shape index (κ1) is 12.2. The second-order valence-corrected chi connectivity index (χ2v) is 3.89. The molecule has 1 amide bonds. The molecule has 4 heteroatoms. The number of rotatable bonds is 2. The number of anilines is 1. The topological polar surface area (TPSA) is 29.1 Å². The molecule has 0 aliphatic rings. The lowest BCUT2D eigenvalue weighted by atomic mass is 10.1. The molecular formula is C14H11F2NO. The molecule has 0 fully saturated rings. The van der Waals surface area contributed by atoms with Crippen molar-refractivity contribution < 1.29 is 13.6 Å². The first-order valence-electron chi connectivity index (χ1n) is 5.40. The summed E-state index contributed by atoms with van der Waals surface area (Å²) in [7, 11) is 0. The Morgan fingerprint density at radius 2 is 1.83 bits per heavy atom. The predicted octanol–water partition coefficient (Wildman–Crippen LogP) is 3.53. The Bertz CT molecular complexity index is 596. The minimum atomic E-state index is -0.668. The van der Waals surface area contributed by atoms with Gasteiger partial charge in [-0.3, -0.25) is 4.79 Å². The first-order chi connectivity index (χ1) is 8.58. The molecule has 0 saturated heterocycles. The van der Waals surface area contributed by atoms with Gasteiger partial charge in [-0.15, -0.1) is 0 Å².